The number of allylic oxidation sites excluding steroid dienone is 6. The van der Waals surface area contributed by atoms with Crippen LogP contribution in [0.2, 0.25) is 0 Å². The smallest absolute Gasteiger partial charge is 0.430 e. The van der Waals surface area contributed by atoms with Crippen molar-refractivity contribution >= 4 is 12.2 Å². The van der Waals surface area contributed by atoms with E-state index < -0.39 is 42.3 Å². The van der Waals surface area contributed by atoms with Crippen LogP contribution in [0.15, 0.2) is 78.9 Å². The van der Waals surface area contributed by atoms with Crippen LogP contribution in [0.3, 0.4) is 0 Å². The number of ketones is 1. The second-order valence-electron chi connectivity index (χ2n) is 9.09. The van der Waals surface area contributed by atoms with E-state index in [-0.39, 0.29) is 12.0 Å². The Hall–Kier alpha value is -3.86. The number of rotatable bonds is 9. The second kappa shape index (κ2) is 24.6. The molecule has 2 aromatic carbocycles. The van der Waals surface area contributed by atoms with E-state index in [9.17, 15) is 31.1 Å². The van der Waals surface area contributed by atoms with Crippen molar-refractivity contribution in [1.29, 1.82) is 0 Å². The highest BCUT2D eigenvalue weighted by atomic mass is 19.3. The molecule has 0 bridgehead atoms. The predicted molar refractivity (Wildman–Crippen MR) is 164 cm³/mol. The molecule has 0 aliphatic heterocycles. The van der Waals surface area contributed by atoms with Crippen molar-refractivity contribution in [2.75, 3.05) is 13.7 Å². The Morgan fingerprint density at radius 3 is 1.82 bits per heavy atom. The van der Waals surface area contributed by atoms with Crippen LogP contribution in [-0.2, 0) is 9.59 Å². The maximum atomic E-state index is 13.7. The van der Waals surface area contributed by atoms with Crippen molar-refractivity contribution in [2.45, 2.75) is 65.2 Å². The summed E-state index contributed by atoms with van der Waals surface area (Å²) in [7, 11) is 1.50. The van der Waals surface area contributed by atoms with Crippen LogP contribution in [0.5, 0.6) is 5.75 Å². The minimum Gasteiger partial charge on any atom is -0.430 e. The fraction of sp³-hybridized carbons (Fsp3) is 0.394. The third kappa shape index (κ3) is 17.9. The molecule has 1 amide bonds. The van der Waals surface area contributed by atoms with Gasteiger partial charge in [-0.05, 0) is 76.1 Å². The van der Waals surface area contributed by atoms with Crippen LogP contribution >= 0.6 is 0 Å². The van der Waals surface area contributed by atoms with Gasteiger partial charge in [-0.3, -0.25) is 9.59 Å². The lowest BCUT2D eigenvalue weighted by molar-refractivity contribution is -0.222. The molecule has 0 spiro atoms. The molecule has 246 valence electrons. The summed E-state index contributed by atoms with van der Waals surface area (Å²) < 4.78 is 82.4. The number of amides is 1. The molecular weight excluding hydrogens is 586 g/mol. The minimum atomic E-state index is -4.42. The Balaban J connectivity index is 0. The fourth-order valence-electron chi connectivity index (χ4n) is 3.31. The molecule has 1 fully saturated rings. The number of halogens is 6. The second-order valence-corrected chi connectivity index (χ2v) is 9.09. The largest absolute Gasteiger partial charge is 0.432 e. The number of benzene rings is 2. The number of carbonyl (C=O) groups excluding carboxylic acids is 2. The molecule has 4 N–H and O–H groups in total. The molecule has 0 saturated heterocycles. The zero-order chi connectivity index (χ0) is 34.1. The summed E-state index contributed by atoms with van der Waals surface area (Å²) >= 11 is 0. The van der Waals surface area contributed by atoms with E-state index >= 15 is 0 Å². The average Bonchev–Trinajstić information content (AvgIpc) is 2.95. The lowest BCUT2D eigenvalue weighted by atomic mass is 9.83. The molecular formula is C33H44F6N2O3. The number of hydrogen-bond acceptors (Lipinski definition) is 4. The number of Topliss-reactive ketones (excluding diaryl/α,β-unsaturated/α-hetero) is 1. The highest BCUT2D eigenvalue weighted by Crippen LogP contribution is 2.32. The van der Waals surface area contributed by atoms with Crippen LogP contribution < -0.4 is 16.2 Å². The highest BCUT2D eigenvalue weighted by molar-refractivity contribution is 5.78. The molecule has 1 saturated carbocycles. The predicted octanol–water partition coefficient (Wildman–Crippen LogP) is 8.14. The Morgan fingerprint density at radius 2 is 1.45 bits per heavy atom. The lowest BCUT2D eigenvalue weighted by Crippen LogP contribution is -2.37. The van der Waals surface area contributed by atoms with Gasteiger partial charge in [-0.25, -0.2) is 17.6 Å². The van der Waals surface area contributed by atoms with Gasteiger partial charge in [0.2, 0.25) is 12.6 Å². The van der Waals surface area contributed by atoms with E-state index in [1.807, 2.05) is 50.3 Å². The van der Waals surface area contributed by atoms with Crippen molar-refractivity contribution in [1.82, 2.24) is 0 Å². The molecule has 11 heteroatoms. The topological polar surface area (TPSA) is 95.4 Å². The summed E-state index contributed by atoms with van der Waals surface area (Å²) in [6.07, 6.45) is 8.24. The first-order valence-electron chi connectivity index (χ1n) is 13.8. The zero-order valence-corrected chi connectivity index (χ0v) is 25.8. The molecule has 0 heterocycles. The summed E-state index contributed by atoms with van der Waals surface area (Å²) in [6, 6.07) is 8.23. The van der Waals surface area contributed by atoms with Crippen molar-refractivity contribution < 1.29 is 40.7 Å². The normalized spacial score (nSPS) is 13.9. The summed E-state index contributed by atoms with van der Waals surface area (Å²) in [5.74, 6) is -1.58. The average molecular weight is 631 g/mol. The Kier molecular flexibility index (Phi) is 23.6. The fourth-order valence-corrected chi connectivity index (χ4v) is 3.31. The number of carbonyl (C=O) groups is 2. The maximum Gasteiger partial charge on any atom is 0.432 e. The van der Waals surface area contributed by atoms with Gasteiger partial charge in [0.15, 0.2) is 0 Å². The first-order valence-corrected chi connectivity index (χ1v) is 13.8. The minimum absolute atomic E-state index is 0.250. The summed E-state index contributed by atoms with van der Waals surface area (Å²) in [5, 5.41) is 0. The molecule has 2 aromatic rings. The summed E-state index contributed by atoms with van der Waals surface area (Å²) in [4.78, 5) is 19.0. The van der Waals surface area contributed by atoms with Crippen LogP contribution in [0.25, 0.3) is 0 Å². The first-order chi connectivity index (χ1) is 20.9. The van der Waals surface area contributed by atoms with Gasteiger partial charge in [-0.2, -0.15) is 8.78 Å². The van der Waals surface area contributed by atoms with E-state index in [4.69, 9.17) is 4.79 Å². The van der Waals surface area contributed by atoms with Crippen LogP contribution in [-0.4, -0.2) is 38.2 Å². The summed E-state index contributed by atoms with van der Waals surface area (Å²) in [5.41, 5.74) is 9.55. The van der Waals surface area contributed by atoms with E-state index in [0.29, 0.717) is 23.3 Å². The first kappa shape index (κ1) is 42.3. The standard InChI is InChI=1S/C17H14F6O.C8H12.C6H10O.CH3NO.CH5N/c1-10(11-2-4-13(19)5-3-11)12-6-14(20)8-15(7-12)24-17(22,23)16(21)9-18;1-3-5-7-8-6-4-2;1-5(7)6-3-2-4-6;2-1-3;1-2/h2-8,10,16H,9H2,1H3;3-8H,1-2H3;6H,2-4H2,1H3;1H,(H2,2,3);2H2,1H3/b;5-3-,6-4+,8-7-;;;/t10-,16?;;;;/m1..../s1. The maximum absolute atomic E-state index is 13.7. The van der Waals surface area contributed by atoms with E-state index in [1.165, 1.54) is 37.7 Å². The van der Waals surface area contributed by atoms with E-state index in [2.05, 4.69) is 16.2 Å². The number of primary amides is 1. The Morgan fingerprint density at radius 1 is 0.955 bits per heavy atom. The number of nitrogens with two attached hydrogens (primary N) is 2. The van der Waals surface area contributed by atoms with Gasteiger partial charge < -0.3 is 16.2 Å². The monoisotopic (exact) mass is 630 g/mol. The van der Waals surface area contributed by atoms with Crippen LogP contribution in [0, 0.1) is 17.6 Å². The van der Waals surface area contributed by atoms with Gasteiger partial charge in [0, 0.05) is 17.9 Å². The molecule has 2 atom stereocenters. The number of alkyl halides is 4. The van der Waals surface area contributed by atoms with Gasteiger partial charge in [-0.15, -0.1) is 0 Å². The van der Waals surface area contributed by atoms with Crippen molar-refractivity contribution in [2.24, 2.45) is 17.4 Å². The van der Waals surface area contributed by atoms with Gasteiger partial charge in [0.25, 0.3) is 0 Å². The molecule has 1 aliphatic carbocycles. The third-order valence-electron chi connectivity index (χ3n) is 5.92. The Bertz CT molecular complexity index is 1140. The zero-order valence-electron chi connectivity index (χ0n) is 25.8. The van der Waals surface area contributed by atoms with Crippen LogP contribution in [0.4, 0.5) is 26.3 Å². The molecule has 0 aromatic heterocycles. The van der Waals surface area contributed by atoms with Gasteiger partial charge in [0.1, 0.15) is 29.8 Å². The SMILES string of the molecule is CC(=O)C1CCC1.CN.C[C@H](c1ccc(F)cc1)c1cc(F)cc(OC(F)(F)C(F)CF)c1.C\C=C/C=C\C=C\C.NC=O. The van der Waals surface area contributed by atoms with E-state index in [0.717, 1.165) is 25.0 Å². The van der Waals surface area contributed by atoms with Crippen molar-refractivity contribution in [3.8, 4) is 5.75 Å². The molecule has 1 aliphatic rings. The van der Waals surface area contributed by atoms with Crippen molar-refractivity contribution in [3.63, 3.8) is 0 Å². The third-order valence-corrected chi connectivity index (χ3v) is 5.92. The van der Waals surface area contributed by atoms with Crippen molar-refractivity contribution in [3.05, 3.63) is 102 Å². The number of ether oxygens (including phenoxy) is 1. The van der Waals surface area contributed by atoms with E-state index in [1.54, 1.807) is 13.8 Å². The molecule has 0 radical (unpaired) electrons. The molecule has 44 heavy (non-hydrogen) atoms. The Labute approximate surface area is 256 Å². The summed E-state index contributed by atoms with van der Waals surface area (Å²) in [6.45, 7) is 5.41. The van der Waals surface area contributed by atoms with Gasteiger partial charge in [0.05, 0.1) is 0 Å². The van der Waals surface area contributed by atoms with Crippen LogP contribution in [0.1, 0.15) is 64.0 Å². The quantitative estimate of drug-likeness (QED) is 0.166. The highest BCUT2D eigenvalue weighted by Gasteiger charge is 2.43. The molecule has 3 rings (SSSR count). The lowest BCUT2D eigenvalue weighted by Gasteiger charge is -2.21. The number of hydrogen-bond donors (Lipinski definition) is 2. The van der Waals surface area contributed by atoms with Gasteiger partial charge in [-0.1, -0.05) is 61.9 Å². The molecule has 1 unspecified atom stereocenters. The van der Waals surface area contributed by atoms with Gasteiger partial charge >= 0.3 is 6.11 Å². The molecule has 5 nitrogen and oxygen atoms in total.